The van der Waals surface area contributed by atoms with Gasteiger partial charge in [0.05, 0.1) is 13.2 Å². The van der Waals surface area contributed by atoms with Crippen LogP contribution >= 0.6 is 7.82 Å². The van der Waals surface area contributed by atoms with Crippen LogP contribution in [0.3, 0.4) is 0 Å². The van der Waals surface area contributed by atoms with Crippen LogP contribution in [-0.2, 0) is 32.7 Å². The SMILES string of the molecule is CCCC/C=C/CCCCCCCCCCCC(=O)O[C@H](COC(=O)CCCCCCCCCC)COP(=O)(O)OCCN. The number of phosphoric acid groups is 1. The van der Waals surface area contributed by atoms with E-state index in [1.54, 1.807) is 0 Å². The molecule has 0 radical (unpaired) electrons. The van der Waals surface area contributed by atoms with Crippen LogP contribution in [0.5, 0.6) is 0 Å². The van der Waals surface area contributed by atoms with Gasteiger partial charge >= 0.3 is 19.8 Å². The molecular weight excluding hydrogens is 581 g/mol. The predicted molar refractivity (Wildman–Crippen MR) is 178 cm³/mol. The lowest BCUT2D eigenvalue weighted by Gasteiger charge is -2.19. The molecule has 0 aliphatic carbocycles. The van der Waals surface area contributed by atoms with Crippen molar-refractivity contribution < 1.29 is 37.6 Å². The maximum Gasteiger partial charge on any atom is 0.472 e. The first-order chi connectivity index (χ1) is 21.3. The van der Waals surface area contributed by atoms with Crippen molar-refractivity contribution in [1.82, 2.24) is 0 Å². The molecule has 0 spiro atoms. The van der Waals surface area contributed by atoms with Crippen molar-refractivity contribution >= 4 is 19.8 Å². The van der Waals surface area contributed by atoms with Gasteiger partial charge in [-0.15, -0.1) is 0 Å². The summed E-state index contributed by atoms with van der Waals surface area (Å²) in [6.45, 7) is 3.65. The normalized spacial score (nSPS) is 13.6. The lowest BCUT2D eigenvalue weighted by Crippen LogP contribution is -2.29. The van der Waals surface area contributed by atoms with E-state index in [9.17, 15) is 19.0 Å². The fraction of sp³-hybridized carbons (Fsp3) is 0.882. The van der Waals surface area contributed by atoms with Gasteiger partial charge in [-0.25, -0.2) is 4.57 Å². The molecule has 260 valence electrons. The Kier molecular flexibility index (Phi) is 30.8. The second-order valence-electron chi connectivity index (χ2n) is 11.7. The number of hydrogen-bond acceptors (Lipinski definition) is 8. The maximum absolute atomic E-state index is 12.5. The summed E-state index contributed by atoms with van der Waals surface area (Å²) < 4.78 is 32.5. The van der Waals surface area contributed by atoms with Crippen molar-refractivity contribution in [2.45, 2.75) is 168 Å². The molecule has 2 atom stereocenters. The van der Waals surface area contributed by atoms with Crippen LogP contribution in [0, 0.1) is 0 Å². The quantitative estimate of drug-likeness (QED) is 0.0309. The van der Waals surface area contributed by atoms with Crippen molar-refractivity contribution in [3.05, 3.63) is 12.2 Å². The molecule has 0 heterocycles. The number of carbonyl (C=O) groups is 2. The Hall–Kier alpha value is -1.25. The molecule has 10 heteroatoms. The largest absolute Gasteiger partial charge is 0.472 e. The van der Waals surface area contributed by atoms with Gasteiger partial charge in [-0.05, 0) is 32.1 Å². The molecule has 44 heavy (non-hydrogen) atoms. The number of unbranched alkanes of at least 4 members (excludes halogenated alkanes) is 18. The number of phosphoric ester groups is 1. The Labute approximate surface area is 269 Å². The van der Waals surface area contributed by atoms with E-state index in [1.807, 2.05) is 0 Å². The number of hydrogen-bond donors (Lipinski definition) is 2. The second kappa shape index (κ2) is 31.7. The molecule has 3 N–H and O–H groups in total. The molecule has 0 aromatic rings. The standard InChI is InChI=1S/C34H66NO8P/c1-3-5-7-9-11-13-14-15-16-17-18-19-21-23-25-27-34(37)43-32(31-42-44(38,39)41-29-28-35)30-40-33(36)26-24-22-20-12-10-8-6-4-2/h9,11,32H,3-8,10,12-31,35H2,1-2H3,(H,38,39)/b11-9+/t32-/m1/s1. The first-order valence-corrected chi connectivity index (χ1v) is 19.2. The van der Waals surface area contributed by atoms with Gasteiger partial charge in [0.15, 0.2) is 6.10 Å². The molecule has 0 bridgehead atoms. The van der Waals surface area contributed by atoms with Gasteiger partial charge in [0, 0.05) is 19.4 Å². The van der Waals surface area contributed by atoms with Crippen LogP contribution in [-0.4, -0.2) is 49.3 Å². The molecule has 0 saturated heterocycles. The van der Waals surface area contributed by atoms with E-state index in [0.29, 0.717) is 6.42 Å². The van der Waals surface area contributed by atoms with Crippen molar-refractivity contribution in [3.63, 3.8) is 0 Å². The van der Waals surface area contributed by atoms with Crippen molar-refractivity contribution in [3.8, 4) is 0 Å². The van der Waals surface area contributed by atoms with Crippen molar-refractivity contribution in [2.75, 3.05) is 26.4 Å². The van der Waals surface area contributed by atoms with Crippen LogP contribution in [0.4, 0.5) is 0 Å². The molecule has 0 aromatic heterocycles. The summed E-state index contributed by atoms with van der Waals surface area (Å²) in [5, 5.41) is 0. The summed E-state index contributed by atoms with van der Waals surface area (Å²) in [6, 6.07) is 0. The molecule has 0 amide bonds. The minimum absolute atomic E-state index is 0.0553. The van der Waals surface area contributed by atoms with Crippen LogP contribution < -0.4 is 5.73 Å². The molecule has 0 rings (SSSR count). The minimum Gasteiger partial charge on any atom is -0.462 e. The number of carbonyl (C=O) groups excluding carboxylic acids is 2. The average molecular weight is 648 g/mol. The molecule has 0 aliphatic rings. The summed E-state index contributed by atoms with van der Waals surface area (Å²) in [6.07, 6.45) is 28.2. The summed E-state index contributed by atoms with van der Waals surface area (Å²) >= 11 is 0. The molecule has 0 aliphatic heterocycles. The second-order valence-corrected chi connectivity index (χ2v) is 13.2. The first-order valence-electron chi connectivity index (χ1n) is 17.7. The monoisotopic (exact) mass is 647 g/mol. The van der Waals surface area contributed by atoms with Crippen molar-refractivity contribution in [2.24, 2.45) is 5.73 Å². The fourth-order valence-electron chi connectivity index (χ4n) is 4.73. The average Bonchev–Trinajstić information content (AvgIpc) is 3.00. The Bertz CT molecular complexity index is 749. The van der Waals surface area contributed by atoms with E-state index in [1.165, 1.54) is 89.9 Å². The summed E-state index contributed by atoms with van der Waals surface area (Å²) in [5.74, 6) is -0.833. The van der Waals surface area contributed by atoms with Gasteiger partial charge in [0.2, 0.25) is 0 Å². The van der Waals surface area contributed by atoms with E-state index < -0.39 is 26.5 Å². The smallest absolute Gasteiger partial charge is 0.462 e. The van der Waals surface area contributed by atoms with Gasteiger partial charge in [-0.2, -0.15) is 0 Å². The molecular formula is C34H66NO8P. The highest BCUT2D eigenvalue weighted by molar-refractivity contribution is 7.47. The van der Waals surface area contributed by atoms with Crippen LogP contribution in [0.2, 0.25) is 0 Å². The number of rotatable bonds is 33. The predicted octanol–water partition coefficient (Wildman–Crippen LogP) is 9.10. The van der Waals surface area contributed by atoms with Crippen LogP contribution in [0.15, 0.2) is 12.2 Å². The van der Waals surface area contributed by atoms with Gasteiger partial charge in [-0.3, -0.25) is 18.6 Å². The number of ether oxygens (including phenoxy) is 2. The van der Waals surface area contributed by atoms with Gasteiger partial charge in [-0.1, -0.05) is 129 Å². The highest BCUT2D eigenvalue weighted by Gasteiger charge is 2.25. The van der Waals surface area contributed by atoms with Gasteiger partial charge in [0.1, 0.15) is 6.61 Å². The summed E-state index contributed by atoms with van der Waals surface area (Å²) in [7, 11) is -4.36. The molecule has 0 saturated carbocycles. The number of esters is 2. The third kappa shape index (κ3) is 30.8. The maximum atomic E-state index is 12.5. The van der Waals surface area contributed by atoms with Gasteiger partial charge in [0.25, 0.3) is 0 Å². The molecule has 0 fully saturated rings. The van der Waals surface area contributed by atoms with E-state index >= 15 is 0 Å². The van der Waals surface area contributed by atoms with E-state index in [0.717, 1.165) is 38.5 Å². The van der Waals surface area contributed by atoms with Gasteiger partial charge < -0.3 is 20.1 Å². The molecule has 9 nitrogen and oxygen atoms in total. The Balaban J connectivity index is 4.21. The number of nitrogens with two attached hydrogens (primary N) is 1. The molecule has 0 aromatic carbocycles. The zero-order chi connectivity index (χ0) is 32.6. The Morgan fingerprint density at radius 3 is 1.68 bits per heavy atom. The van der Waals surface area contributed by atoms with Crippen molar-refractivity contribution in [1.29, 1.82) is 0 Å². The van der Waals surface area contributed by atoms with Crippen LogP contribution in [0.1, 0.15) is 162 Å². The van der Waals surface area contributed by atoms with E-state index in [-0.39, 0.29) is 38.6 Å². The topological polar surface area (TPSA) is 134 Å². The summed E-state index contributed by atoms with van der Waals surface area (Å²) in [5.41, 5.74) is 5.31. The van der Waals surface area contributed by atoms with E-state index in [4.69, 9.17) is 24.3 Å². The lowest BCUT2D eigenvalue weighted by atomic mass is 10.1. The highest BCUT2D eigenvalue weighted by atomic mass is 31.2. The Morgan fingerprint density at radius 2 is 1.14 bits per heavy atom. The fourth-order valence-corrected chi connectivity index (χ4v) is 5.50. The van der Waals surface area contributed by atoms with E-state index in [2.05, 4.69) is 26.0 Å². The summed E-state index contributed by atoms with van der Waals surface area (Å²) in [4.78, 5) is 34.5. The highest BCUT2D eigenvalue weighted by Crippen LogP contribution is 2.43. The first kappa shape index (κ1) is 42.8. The van der Waals surface area contributed by atoms with Crippen LogP contribution in [0.25, 0.3) is 0 Å². The zero-order valence-electron chi connectivity index (χ0n) is 28.2. The minimum atomic E-state index is -4.36. The third-order valence-electron chi connectivity index (χ3n) is 7.40. The Morgan fingerprint density at radius 1 is 0.659 bits per heavy atom. The third-order valence-corrected chi connectivity index (χ3v) is 8.39. The number of allylic oxidation sites excluding steroid dienone is 2. The molecule has 1 unspecified atom stereocenters. The lowest BCUT2D eigenvalue weighted by molar-refractivity contribution is -0.161. The zero-order valence-corrected chi connectivity index (χ0v) is 29.0.